The number of nitrogens with zero attached hydrogens (tertiary/aromatic N) is 3. The Labute approximate surface area is 148 Å². The Morgan fingerprint density at radius 2 is 2.04 bits per heavy atom. The molecule has 0 aliphatic heterocycles. The molecule has 0 aliphatic carbocycles. The fourth-order valence-electron chi connectivity index (χ4n) is 3.13. The molecule has 1 aromatic carbocycles. The highest BCUT2D eigenvalue weighted by Gasteiger charge is 2.23. The van der Waals surface area contributed by atoms with Gasteiger partial charge in [-0.3, -0.25) is 9.69 Å². The molecule has 25 heavy (non-hydrogen) atoms. The number of pyridine rings is 1. The number of fused-ring (bicyclic) bond motifs is 1. The Kier molecular flexibility index (Phi) is 4.86. The second kappa shape index (κ2) is 7.07. The number of imidazole rings is 1. The number of likely N-dealkylation sites (N-methyl/N-ethyl adjacent to an activating group) is 1. The lowest BCUT2D eigenvalue weighted by Gasteiger charge is -2.24. The van der Waals surface area contributed by atoms with Crippen LogP contribution in [0.3, 0.4) is 0 Å². The third-order valence-electron chi connectivity index (χ3n) is 4.37. The number of amides is 1. The quantitative estimate of drug-likeness (QED) is 0.779. The molecular formula is C20H24N4O. The fourth-order valence-corrected chi connectivity index (χ4v) is 3.13. The van der Waals surface area contributed by atoms with Crippen LogP contribution in [0.4, 0.5) is 0 Å². The van der Waals surface area contributed by atoms with Crippen molar-refractivity contribution in [2.45, 2.75) is 26.4 Å². The molecule has 1 N–H and O–H groups in total. The summed E-state index contributed by atoms with van der Waals surface area (Å²) in [6.45, 7) is 4.51. The maximum atomic E-state index is 12.8. The van der Waals surface area contributed by atoms with Crippen LogP contribution in [0.25, 0.3) is 5.65 Å². The van der Waals surface area contributed by atoms with Crippen molar-refractivity contribution >= 4 is 11.6 Å². The van der Waals surface area contributed by atoms with Crippen LogP contribution >= 0.6 is 0 Å². The molecule has 3 aromatic rings. The summed E-state index contributed by atoms with van der Waals surface area (Å²) in [6.07, 6.45) is 3.79. The minimum atomic E-state index is -0.319. The average Bonchev–Trinajstić information content (AvgIpc) is 2.97. The van der Waals surface area contributed by atoms with Crippen LogP contribution in [-0.4, -0.2) is 34.3 Å². The van der Waals surface area contributed by atoms with Crippen molar-refractivity contribution < 1.29 is 4.79 Å². The smallest absolute Gasteiger partial charge is 0.242 e. The lowest BCUT2D eigenvalue weighted by atomic mass is 10.0. The predicted molar refractivity (Wildman–Crippen MR) is 99.4 cm³/mol. The molecule has 3 rings (SSSR count). The van der Waals surface area contributed by atoms with Crippen molar-refractivity contribution in [3.63, 3.8) is 0 Å². The van der Waals surface area contributed by atoms with Gasteiger partial charge in [-0.1, -0.05) is 35.9 Å². The van der Waals surface area contributed by atoms with Crippen molar-refractivity contribution in [2.24, 2.45) is 0 Å². The van der Waals surface area contributed by atoms with E-state index in [1.54, 1.807) is 0 Å². The Hall–Kier alpha value is -2.66. The molecule has 1 atom stereocenters. The Morgan fingerprint density at radius 1 is 1.24 bits per heavy atom. The molecule has 0 saturated carbocycles. The maximum absolute atomic E-state index is 12.8. The SMILES string of the molecule is Cc1cccc([C@@H](C(=O)NCc2cnc3c(C)cccn23)N(C)C)c1. The molecule has 0 spiro atoms. The molecule has 0 unspecified atom stereocenters. The van der Waals surface area contributed by atoms with Crippen LogP contribution in [0.15, 0.2) is 48.8 Å². The van der Waals surface area contributed by atoms with E-state index in [0.717, 1.165) is 28.0 Å². The zero-order chi connectivity index (χ0) is 18.0. The number of benzene rings is 1. The summed E-state index contributed by atoms with van der Waals surface area (Å²) in [5, 5.41) is 3.05. The zero-order valence-corrected chi connectivity index (χ0v) is 15.2. The minimum Gasteiger partial charge on any atom is -0.349 e. The number of aryl methyl sites for hydroxylation is 2. The highest BCUT2D eigenvalue weighted by Crippen LogP contribution is 2.20. The van der Waals surface area contributed by atoms with Gasteiger partial charge in [0.05, 0.1) is 18.4 Å². The second-order valence-electron chi connectivity index (χ2n) is 6.63. The Balaban J connectivity index is 1.79. The molecule has 0 fully saturated rings. The van der Waals surface area contributed by atoms with E-state index in [4.69, 9.17) is 0 Å². The highest BCUT2D eigenvalue weighted by atomic mass is 16.2. The lowest BCUT2D eigenvalue weighted by molar-refractivity contribution is -0.126. The molecule has 5 nitrogen and oxygen atoms in total. The first-order valence-corrected chi connectivity index (χ1v) is 8.39. The molecular weight excluding hydrogens is 312 g/mol. The van der Waals surface area contributed by atoms with Gasteiger partial charge in [-0.25, -0.2) is 4.98 Å². The largest absolute Gasteiger partial charge is 0.349 e. The summed E-state index contributed by atoms with van der Waals surface area (Å²) in [4.78, 5) is 19.2. The van der Waals surface area contributed by atoms with Gasteiger partial charge in [0.2, 0.25) is 5.91 Å². The number of carbonyl (C=O) groups is 1. The normalized spacial score (nSPS) is 12.5. The van der Waals surface area contributed by atoms with Crippen molar-refractivity contribution in [2.75, 3.05) is 14.1 Å². The van der Waals surface area contributed by atoms with E-state index in [9.17, 15) is 4.79 Å². The standard InChI is InChI=1S/C20H24N4O/c1-14-7-5-9-16(11-14)18(23(3)4)20(25)22-13-17-12-21-19-15(2)8-6-10-24(17)19/h5-12,18H,13H2,1-4H3,(H,22,25)/t18-/m0/s1. The summed E-state index contributed by atoms with van der Waals surface area (Å²) in [6, 6.07) is 11.8. The van der Waals surface area contributed by atoms with Gasteiger partial charge in [0.1, 0.15) is 11.7 Å². The highest BCUT2D eigenvalue weighted by molar-refractivity contribution is 5.83. The third kappa shape index (κ3) is 3.56. The summed E-state index contributed by atoms with van der Waals surface area (Å²) >= 11 is 0. The third-order valence-corrected chi connectivity index (χ3v) is 4.37. The molecule has 0 bridgehead atoms. The zero-order valence-electron chi connectivity index (χ0n) is 15.2. The topological polar surface area (TPSA) is 49.6 Å². The average molecular weight is 336 g/mol. The van der Waals surface area contributed by atoms with Crippen molar-refractivity contribution in [1.29, 1.82) is 0 Å². The number of hydrogen-bond acceptors (Lipinski definition) is 3. The summed E-state index contributed by atoms with van der Waals surface area (Å²) in [5.74, 6) is -0.0156. The number of aromatic nitrogens is 2. The van der Waals surface area contributed by atoms with Gasteiger partial charge in [-0.05, 0) is 45.1 Å². The van der Waals surface area contributed by atoms with Crippen molar-refractivity contribution in [3.05, 3.63) is 71.2 Å². The molecule has 2 aromatic heterocycles. The van der Waals surface area contributed by atoms with E-state index in [-0.39, 0.29) is 11.9 Å². The number of hydrogen-bond donors (Lipinski definition) is 1. The van der Waals surface area contributed by atoms with E-state index < -0.39 is 0 Å². The molecule has 1 amide bonds. The van der Waals surface area contributed by atoms with Crippen molar-refractivity contribution in [3.8, 4) is 0 Å². The molecule has 5 heteroatoms. The van der Waals surface area contributed by atoms with Gasteiger partial charge < -0.3 is 9.72 Å². The van der Waals surface area contributed by atoms with Gasteiger partial charge in [0.25, 0.3) is 0 Å². The van der Waals surface area contributed by atoms with Gasteiger partial charge in [0, 0.05) is 6.20 Å². The van der Waals surface area contributed by atoms with Crippen LogP contribution in [0.2, 0.25) is 0 Å². The van der Waals surface area contributed by atoms with Gasteiger partial charge in [-0.15, -0.1) is 0 Å². The molecule has 0 aliphatic rings. The first-order valence-electron chi connectivity index (χ1n) is 8.39. The fraction of sp³-hybridized carbons (Fsp3) is 0.300. The van der Waals surface area contributed by atoms with Gasteiger partial charge in [-0.2, -0.15) is 0 Å². The van der Waals surface area contributed by atoms with E-state index in [1.807, 2.05) is 80.0 Å². The minimum absolute atomic E-state index is 0.0156. The molecule has 0 saturated heterocycles. The van der Waals surface area contributed by atoms with Gasteiger partial charge in [0.15, 0.2) is 0 Å². The van der Waals surface area contributed by atoms with Crippen molar-refractivity contribution in [1.82, 2.24) is 19.6 Å². The molecule has 0 radical (unpaired) electrons. The Bertz CT molecular complexity index is 898. The molecule has 2 heterocycles. The van der Waals surface area contributed by atoms with Crippen LogP contribution in [0, 0.1) is 13.8 Å². The van der Waals surface area contributed by atoms with Crippen LogP contribution in [0.5, 0.6) is 0 Å². The van der Waals surface area contributed by atoms with Crippen LogP contribution in [-0.2, 0) is 11.3 Å². The van der Waals surface area contributed by atoms with E-state index in [1.165, 1.54) is 0 Å². The van der Waals surface area contributed by atoms with E-state index in [0.29, 0.717) is 6.54 Å². The lowest BCUT2D eigenvalue weighted by Crippen LogP contribution is -2.37. The van der Waals surface area contributed by atoms with E-state index >= 15 is 0 Å². The number of nitrogens with one attached hydrogen (secondary N) is 1. The second-order valence-corrected chi connectivity index (χ2v) is 6.63. The summed E-state index contributed by atoms with van der Waals surface area (Å²) in [7, 11) is 3.84. The first-order chi connectivity index (χ1) is 12.0. The summed E-state index contributed by atoms with van der Waals surface area (Å²) < 4.78 is 2.02. The first kappa shape index (κ1) is 17.2. The molecule has 130 valence electrons. The number of carbonyl (C=O) groups excluding carboxylic acids is 1. The number of rotatable bonds is 5. The van der Waals surface area contributed by atoms with Gasteiger partial charge >= 0.3 is 0 Å². The van der Waals surface area contributed by atoms with Crippen LogP contribution in [0.1, 0.15) is 28.4 Å². The summed E-state index contributed by atoms with van der Waals surface area (Å²) in [5.41, 5.74) is 5.15. The van der Waals surface area contributed by atoms with Crippen LogP contribution < -0.4 is 5.32 Å². The predicted octanol–water partition coefficient (Wildman–Crippen LogP) is 2.87. The van der Waals surface area contributed by atoms with E-state index in [2.05, 4.69) is 16.4 Å². The Morgan fingerprint density at radius 3 is 2.76 bits per heavy atom. The maximum Gasteiger partial charge on any atom is 0.242 e. The monoisotopic (exact) mass is 336 g/mol.